The van der Waals surface area contributed by atoms with E-state index in [0.29, 0.717) is 17.4 Å². The number of phosphoric acid groups is 1. The van der Waals surface area contributed by atoms with Gasteiger partial charge in [-0.1, -0.05) is 125 Å². The summed E-state index contributed by atoms with van der Waals surface area (Å²) in [6.45, 7) is 4.35. The van der Waals surface area contributed by atoms with Crippen LogP contribution in [0.4, 0.5) is 0 Å². The van der Waals surface area contributed by atoms with Gasteiger partial charge >= 0.3 is 0 Å². The van der Waals surface area contributed by atoms with Gasteiger partial charge in [0.2, 0.25) is 5.91 Å². The predicted octanol–water partition coefficient (Wildman–Crippen LogP) is 8.41. The van der Waals surface area contributed by atoms with Gasteiger partial charge < -0.3 is 34.0 Å². The van der Waals surface area contributed by atoms with Gasteiger partial charge in [-0.25, -0.2) is 0 Å². The van der Waals surface area contributed by atoms with Crippen LogP contribution in [0.1, 0.15) is 123 Å². The molecule has 0 aliphatic carbocycles. The third-order valence-corrected chi connectivity index (χ3v) is 8.92. The molecule has 3 N–H and O–H groups in total. The van der Waals surface area contributed by atoms with Crippen molar-refractivity contribution in [3.8, 4) is 0 Å². The summed E-state index contributed by atoms with van der Waals surface area (Å²) in [4.78, 5) is 25.1. The van der Waals surface area contributed by atoms with Crippen LogP contribution in [-0.4, -0.2) is 79.8 Å². The molecule has 0 rings (SSSR count). The molecule has 10 heteroatoms. The summed E-state index contributed by atoms with van der Waals surface area (Å²) < 4.78 is 23.0. The average molecular weight is 737 g/mol. The van der Waals surface area contributed by atoms with E-state index in [2.05, 4.69) is 61.7 Å². The summed E-state index contributed by atoms with van der Waals surface area (Å²) in [6, 6.07) is -0.945. The third kappa shape index (κ3) is 34.7. The Morgan fingerprint density at radius 1 is 0.725 bits per heavy atom. The second kappa shape index (κ2) is 32.5. The van der Waals surface area contributed by atoms with Crippen LogP contribution < -0.4 is 10.2 Å². The lowest BCUT2D eigenvalue weighted by atomic mass is 10.1. The molecule has 0 aliphatic heterocycles. The summed E-state index contributed by atoms with van der Waals surface area (Å²) in [7, 11) is 1.17. The van der Waals surface area contributed by atoms with Gasteiger partial charge in [-0.2, -0.15) is 0 Å². The molecule has 0 aliphatic rings. The second-order valence-electron chi connectivity index (χ2n) is 14.1. The number of carbonyl (C=O) groups excluding carboxylic acids is 1. The van der Waals surface area contributed by atoms with Crippen LogP contribution in [0.5, 0.6) is 0 Å². The van der Waals surface area contributed by atoms with E-state index in [1.54, 1.807) is 6.08 Å². The first-order valence-corrected chi connectivity index (χ1v) is 20.9. The van der Waals surface area contributed by atoms with Crippen molar-refractivity contribution in [3.63, 3.8) is 0 Å². The maximum absolute atomic E-state index is 12.8. The normalized spacial score (nSPS) is 16.0. The zero-order valence-corrected chi connectivity index (χ0v) is 33.5. The van der Waals surface area contributed by atoms with E-state index in [4.69, 9.17) is 9.05 Å². The summed E-state index contributed by atoms with van der Waals surface area (Å²) in [6.07, 6.45) is 38.6. The van der Waals surface area contributed by atoms with Gasteiger partial charge in [0.25, 0.3) is 7.82 Å². The fourth-order valence-electron chi connectivity index (χ4n) is 4.76. The van der Waals surface area contributed by atoms with Gasteiger partial charge in [0.1, 0.15) is 13.2 Å². The zero-order valence-electron chi connectivity index (χ0n) is 32.6. The van der Waals surface area contributed by atoms with Crippen LogP contribution in [-0.2, 0) is 18.4 Å². The molecule has 0 spiro atoms. The number of phosphoric ester groups is 1. The largest absolute Gasteiger partial charge is 0.756 e. The van der Waals surface area contributed by atoms with Gasteiger partial charge in [0.15, 0.2) is 0 Å². The number of nitrogens with one attached hydrogen (secondary N) is 1. The van der Waals surface area contributed by atoms with Crippen LogP contribution in [0.2, 0.25) is 0 Å². The van der Waals surface area contributed by atoms with Crippen molar-refractivity contribution in [1.29, 1.82) is 0 Å². The Morgan fingerprint density at radius 3 is 1.96 bits per heavy atom. The van der Waals surface area contributed by atoms with Crippen LogP contribution >= 0.6 is 7.82 Å². The predicted molar refractivity (Wildman–Crippen MR) is 211 cm³/mol. The first-order chi connectivity index (χ1) is 24.4. The smallest absolute Gasteiger partial charge is 0.268 e. The molecule has 0 fully saturated rings. The van der Waals surface area contributed by atoms with Crippen LogP contribution in [0.15, 0.2) is 72.9 Å². The standard InChI is InChI=1S/C41H73N2O7P/c1-6-8-10-11-12-13-16-20-23-26-29-33-40(45)39(37-50-51(47,48)49-36-35-43(3,4)5)42-41(46)34-30-27-24-21-18-15-14-17-19-22-25-28-32-38(44)31-9-7-2/h14-16,19-22,24,28-29,32-33,38-40,44-45H,6-13,17-18,23,25-27,30-31,34-37H2,1-5H3,(H-,42,46,47,48)/b15-14-,20-16-,22-19-,24-21-,32-28-,33-29+/t38-,39+,40-/m1/s1. The van der Waals surface area contributed by atoms with E-state index in [-0.39, 0.29) is 25.0 Å². The molecule has 0 heterocycles. The van der Waals surface area contributed by atoms with Crippen molar-refractivity contribution in [3.05, 3.63) is 72.9 Å². The number of carbonyl (C=O) groups is 1. The van der Waals surface area contributed by atoms with E-state index in [0.717, 1.165) is 64.2 Å². The highest BCUT2D eigenvalue weighted by molar-refractivity contribution is 7.45. The average Bonchev–Trinajstić information content (AvgIpc) is 3.07. The van der Waals surface area contributed by atoms with Gasteiger partial charge in [-0.3, -0.25) is 9.36 Å². The van der Waals surface area contributed by atoms with E-state index in [1.165, 1.54) is 32.1 Å². The number of rotatable bonds is 33. The highest BCUT2D eigenvalue weighted by atomic mass is 31.2. The fourth-order valence-corrected chi connectivity index (χ4v) is 5.49. The molecular formula is C41H73N2O7P. The van der Waals surface area contributed by atoms with E-state index < -0.39 is 26.6 Å². The number of aliphatic hydroxyl groups is 2. The van der Waals surface area contributed by atoms with E-state index in [9.17, 15) is 24.5 Å². The lowest BCUT2D eigenvalue weighted by Crippen LogP contribution is -2.45. The molecule has 1 unspecified atom stereocenters. The van der Waals surface area contributed by atoms with Crippen molar-refractivity contribution >= 4 is 13.7 Å². The zero-order chi connectivity index (χ0) is 38.1. The number of hydrogen-bond acceptors (Lipinski definition) is 7. The number of unbranched alkanes of at least 4 members (excludes halogenated alkanes) is 8. The number of aliphatic hydroxyl groups excluding tert-OH is 2. The maximum atomic E-state index is 12.8. The number of likely N-dealkylation sites (N-methyl/N-ethyl adjacent to an activating group) is 1. The molecule has 9 nitrogen and oxygen atoms in total. The van der Waals surface area contributed by atoms with E-state index in [1.807, 2.05) is 45.4 Å². The molecule has 0 bridgehead atoms. The molecule has 0 aromatic heterocycles. The van der Waals surface area contributed by atoms with E-state index >= 15 is 0 Å². The number of allylic oxidation sites excluding steroid dienone is 10. The first kappa shape index (κ1) is 48.9. The van der Waals surface area contributed by atoms with Crippen LogP contribution in [0.25, 0.3) is 0 Å². The lowest BCUT2D eigenvalue weighted by molar-refractivity contribution is -0.870. The quantitative estimate of drug-likeness (QED) is 0.0267. The number of nitrogens with zero attached hydrogens (tertiary/aromatic N) is 1. The highest BCUT2D eigenvalue weighted by Gasteiger charge is 2.23. The number of hydrogen-bond donors (Lipinski definition) is 3. The van der Waals surface area contributed by atoms with Gasteiger partial charge in [-0.05, 0) is 64.2 Å². The van der Waals surface area contributed by atoms with Crippen molar-refractivity contribution < 1.29 is 38.0 Å². The van der Waals surface area contributed by atoms with Crippen molar-refractivity contribution in [1.82, 2.24) is 5.32 Å². The van der Waals surface area contributed by atoms with Crippen LogP contribution in [0, 0.1) is 0 Å². The molecular weight excluding hydrogens is 663 g/mol. The minimum absolute atomic E-state index is 0.0278. The van der Waals surface area contributed by atoms with Gasteiger partial charge in [0, 0.05) is 6.42 Å². The monoisotopic (exact) mass is 737 g/mol. The maximum Gasteiger partial charge on any atom is 0.268 e. The molecule has 0 radical (unpaired) electrons. The molecule has 51 heavy (non-hydrogen) atoms. The molecule has 0 aromatic rings. The Bertz CT molecular complexity index is 1080. The van der Waals surface area contributed by atoms with Gasteiger partial charge in [0.05, 0.1) is 46.0 Å². The van der Waals surface area contributed by atoms with Crippen molar-refractivity contribution in [2.45, 2.75) is 141 Å². The van der Waals surface area contributed by atoms with Gasteiger partial charge in [-0.15, -0.1) is 0 Å². The summed E-state index contributed by atoms with van der Waals surface area (Å²) in [5.74, 6) is -0.282. The fraction of sp³-hybridized carbons (Fsp3) is 0.683. The second-order valence-corrected chi connectivity index (χ2v) is 15.5. The molecule has 4 atom stereocenters. The molecule has 0 saturated carbocycles. The molecule has 0 saturated heterocycles. The summed E-state index contributed by atoms with van der Waals surface area (Å²) in [5.41, 5.74) is 0. The first-order valence-electron chi connectivity index (χ1n) is 19.4. The lowest BCUT2D eigenvalue weighted by Gasteiger charge is -2.29. The van der Waals surface area contributed by atoms with Crippen molar-refractivity contribution in [2.24, 2.45) is 0 Å². The molecule has 1 amide bonds. The third-order valence-electron chi connectivity index (χ3n) is 7.96. The number of quaternary nitrogens is 1. The highest BCUT2D eigenvalue weighted by Crippen LogP contribution is 2.38. The summed E-state index contributed by atoms with van der Waals surface area (Å²) in [5, 5.41) is 23.4. The van der Waals surface area contributed by atoms with Crippen molar-refractivity contribution in [2.75, 3.05) is 40.9 Å². The Morgan fingerprint density at radius 2 is 1.29 bits per heavy atom. The molecule has 0 aromatic carbocycles. The topological polar surface area (TPSA) is 128 Å². The number of amides is 1. The SMILES string of the molecule is CCCCCCC/C=C\CC/C=C/[C@@H](O)[C@H](COP(=O)([O-])OCC[N+](C)(C)C)NC(=O)CCC/C=C\C/C=C\C/C=C\C/C=C\[C@H](O)CCCC. The summed E-state index contributed by atoms with van der Waals surface area (Å²) >= 11 is 0. The Balaban J connectivity index is 4.70. The molecule has 294 valence electrons. The minimum atomic E-state index is -4.62. The minimum Gasteiger partial charge on any atom is -0.756 e. The Labute approximate surface area is 311 Å². The Hall–Kier alpha value is -2.10. The van der Waals surface area contributed by atoms with Crippen LogP contribution in [0.3, 0.4) is 0 Å². The Kier molecular flexibility index (Phi) is 31.2.